The lowest BCUT2D eigenvalue weighted by atomic mass is 9.88. The number of halogens is 3. The van der Waals surface area contributed by atoms with E-state index in [1.54, 1.807) is 0 Å². The van der Waals surface area contributed by atoms with Gasteiger partial charge in [-0.05, 0) is 37.2 Å². The van der Waals surface area contributed by atoms with Gasteiger partial charge in [-0.3, -0.25) is 4.79 Å². The summed E-state index contributed by atoms with van der Waals surface area (Å²) >= 11 is 0. The summed E-state index contributed by atoms with van der Waals surface area (Å²) in [4.78, 5) is 17.4. The van der Waals surface area contributed by atoms with E-state index in [1.807, 2.05) is 6.92 Å². The van der Waals surface area contributed by atoms with Crippen LogP contribution in [0.1, 0.15) is 6.92 Å². The summed E-state index contributed by atoms with van der Waals surface area (Å²) in [7, 11) is 0. The standard InChI is InChI=1S/C20H30N4O3.3ClH/c1-15(16-13-21-14-16)20(25)22-18-3-2-17(23-4-8-26-9-5-23)12-19(18)24-6-10-27-11-7-24;;;/h2-3,12,15-16,21H,4-11,13-14H2,1H3,(H,22,25);3*1H. The molecule has 3 saturated heterocycles. The smallest absolute Gasteiger partial charge is 0.227 e. The number of morpholine rings is 2. The van der Waals surface area contributed by atoms with Gasteiger partial charge in [0.1, 0.15) is 0 Å². The van der Waals surface area contributed by atoms with Gasteiger partial charge in [-0.15, -0.1) is 37.2 Å². The molecule has 1 aromatic carbocycles. The average molecular weight is 484 g/mol. The summed E-state index contributed by atoms with van der Waals surface area (Å²) in [6.45, 7) is 10.4. The lowest BCUT2D eigenvalue weighted by Gasteiger charge is -2.34. The Morgan fingerprint density at radius 2 is 1.57 bits per heavy atom. The molecule has 10 heteroatoms. The number of carbonyl (C=O) groups excluding carboxylic acids is 1. The monoisotopic (exact) mass is 482 g/mol. The van der Waals surface area contributed by atoms with Crippen molar-refractivity contribution in [3.63, 3.8) is 0 Å². The third-order valence-electron chi connectivity index (χ3n) is 5.90. The van der Waals surface area contributed by atoms with E-state index >= 15 is 0 Å². The molecule has 7 nitrogen and oxygen atoms in total. The number of benzene rings is 1. The van der Waals surface area contributed by atoms with Crippen LogP contribution in [0.2, 0.25) is 0 Å². The van der Waals surface area contributed by atoms with Crippen LogP contribution in [0, 0.1) is 11.8 Å². The van der Waals surface area contributed by atoms with Crippen molar-refractivity contribution in [1.29, 1.82) is 0 Å². The van der Waals surface area contributed by atoms with Gasteiger partial charge in [0.05, 0.1) is 37.8 Å². The van der Waals surface area contributed by atoms with Crippen molar-refractivity contribution in [3.8, 4) is 0 Å². The predicted octanol–water partition coefficient (Wildman–Crippen LogP) is 2.42. The molecule has 3 aliphatic heterocycles. The Labute approximate surface area is 197 Å². The number of amides is 1. The fourth-order valence-corrected chi connectivity index (χ4v) is 3.84. The van der Waals surface area contributed by atoms with E-state index in [4.69, 9.17) is 9.47 Å². The maximum atomic E-state index is 12.8. The van der Waals surface area contributed by atoms with E-state index in [0.29, 0.717) is 5.92 Å². The summed E-state index contributed by atoms with van der Waals surface area (Å²) in [5.41, 5.74) is 3.18. The molecule has 1 atom stereocenters. The molecule has 0 aliphatic carbocycles. The summed E-state index contributed by atoms with van der Waals surface area (Å²) in [6, 6.07) is 6.38. The molecule has 0 radical (unpaired) electrons. The molecule has 1 unspecified atom stereocenters. The van der Waals surface area contributed by atoms with Crippen LogP contribution in [0.4, 0.5) is 17.1 Å². The summed E-state index contributed by atoms with van der Waals surface area (Å²) < 4.78 is 11.0. The Kier molecular flexibility index (Phi) is 11.5. The third-order valence-corrected chi connectivity index (χ3v) is 5.90. The minimum Gasteiger partial charge on any atom is -0.378 e. The Balaban J connectivity index is 0.00000150. The van der Waals surface area contributed by atoms with Gasteiger partial charge in [-0.1, -0.05) is 6.92 Å². The molecule has 4 rings (SSSR count). The first-order valence-corrected chi connectivity index (χ1v) is 10.0. The lowest BCUT2D eigenvalue weighted by molar-refractivity contribution is -0.121. The Hall–Kier alpha value is -0.960. The predicted molar refractivity (Wildman–Crippen MR) is 128 cm³/mol. The normalized spacial score (nSPS) is 20.0. The highest BCUT2D eigenvalue weighted by atomic mass is 35.5. The molecule has 0 saturated carbocycles. The van der Waals surface area contributed by atoms with Crippen LogP contribution in [0.25, 0.3) is 0 Å². The van der Waals surface area contributed by atoms with E-state index in [1.165, 1.54) is 5.69 Å². The van der Waals surface area contributed by atoms with Crippen molar-refractivity contribution in [1.82, 2.24) is 5.32 Å². The van der Waals surface area contributed by atoms with Crippen molar-refractivity contribution in [2.75, 3.05) is 80.8 Å². The number of hydrogen-bond donors (Lipinski definition) is 2. The van der Waals surface area contributed by atoms with Crippen molar-refractivity contribution in [3.05, 3.63) is 18.2 Å². The first kappa shape index (κ1) is 27.1. The van der Waals surface area contributed by atoms with E-state index in [0.717, 1.165) is 77.1 Å². The van der Waals surface area contributed by atoms with Gasteiger partial charge in [0.15, 0.2) is 0 Å². The van der Waals surface area contributed by atoms with Gasteiger partial charge >= 0.3 is 0 Å². The van der Waals surface area contributed by atoms with Gasteiger partial charge in [0.25, 0.3) is 0 Å². The SMILES string of the molecule is CC(C(=O)Nc1ccc(N2CCOCC2)cc1N1CCOCC1)C1CNC1.Cl.Cl.Cl. The number of rotatable bonds is 5. The Bertz CT molecular complexity index is 667. The van der Waals surface area contributed by atoms with Crippen LogP contribution >= 0.6 is 37.2 Å². The summed E-state index contributed by atoms with van der Waals surface area (Å²) in [5.74, 6) is 0.558. The molecule has 172 valence electrons. The third kappa shape index (κ3) is 6.28. The maximum Gasteiger partial charge on any atom is 0.227 e. The number of hydrogen-bond acceptors (Lipinski definition) is 6. The largest absolute Gasteiger partial charge is 0.378 e. The average Bonchev–Trinajstić information content (AvgIpc) is 2.68. The van der Waals surface area contributed by atoms with E-state index in [-0.39, 0.29) is 49.0 Å². The van der Waals surface area contributed by atoms with Crippen LogP contribution in [0.3, 0.4) is 0 Å². The molecular weight excluding hydrogens is 451 g/mol. The molecule has 1 amide bonds. The van der Waals surface area contributed by atoms with Crippen LogP contribution in [0.15, 0.2) is 18.2 Å². The molecule has 2 N–H and O–H groups in total. The van der Waals surface area contributed by atoms with Gasteiger partial charge in [0, 0.05) is 37.8 Å². The Morgan fingerprint density at radius 3 is 2.10 bits per heavy atom. The summed E-state index contributed by atoms with van der Waals surface area (Å²) in [5, 5.41) is 6.44. The fraction of sp³-hybridized carbons (Fsp3) is 0.650. The highest BCUT2D eigenvalue weighted by Gasteiger charge is 2.29. The molecule has 30 heavy (non-hydrogen) atoms. The zero-order valence-corrected chi connectivity index (χ0v) is 19.8. The van der Waals surface area contributed by atoms with Crippen LogP contribution < -0.4 is 20.4 Å². The second-order valence-corrected chi connectivity index (χ2v) is 7.60. The van der Waals surface area contributed by atoms with Gasteiger partial charge in [0.2, 0.25) is 5.91 Å². The van der Waals surface area contributed by atoms with Crippen LogP contribution in [-0.4, -0.2) is 71.6 Å². The number of carbonyl (C=O) groups is 1. The molecule has 0 spiro atoms. The Morgan fingerprint density at radius 1 is 1.00 bits per heavy atom. The minimum absolute atomic E-state index is 0. The molecule has 0 bridgehead atoms. The zero-order valence-electron chi connectivity index (χ0n) is 17.3. The molecule has 1 aromatic rings. The van der Waals surface area contributed by atoms with Crippen molar-refractivity contribution in [2.24, 2.45) is 11.8 Å². The number of nitrogens with zero attached hydrogens (tertiary/aromatic N) is 2. The van der Waals surface area contributed by atoms with E-state index in [2.05, 4.69) is 38.6 Å². The van der Waals surface area contributed by atoms with Crippen LogP contribution in [0.5, 0.6) is 0 Å². The quantitative estimate of drug-likeness (QED) is 0.670. The molecule has 3 heterocycles. The fourth-order valence-electron chi connectivity index (χ4n) is 3.84. The first-order valence-electron chi connectivity index (χ1n) is 10.0. The van der Waals surface area contributed by atoms with Gasteiger partial charge in [-0.2, -0.15) is 0 Å². The molecule has 0 aromatic heterocycles. The summed E-state index contributed by atoms with van der Waals surface area (Å²) in [6.07, 6.45) is 0. The van der Waals surface area contributed by atoms with E-state index in [9.17, 15) is 4.79 Å². The molecule has 3 aliphatic rings. The first-order chi connectivity index (χ1) is 13.2. The van der Waals surface area contributed by atoms with Crippen molar-refractivity contribution < 1.29 is 14.3 Å². The van der Waals surface area contributed by atoms with Gasteiger partial charge < -0.3 is 29.9 Å². The topological polar surface area (TPSA) is 66.1 Å². The highest BCUT2D eigenvalue weighted by Crippen LogP contribution is 2.33. The number of nitrogens with one attached hydrogen (secondary N) is 2. The number of ether oxygens (including phenoxy) is 2. The van der Waals surface area contributed by atoms with Crippen molar-refractivity contribution in [2.45, 2.75) is 6.92 Å². The van der Waals surface area contributed by atoms with Crippen molar-refractivity contribution >= 4 is 60.2 Å². The highest BCUT2D eigenvalue weighted by molar-refractivity contribution is 5.96. The van der Waals surface area contributed by atoms with Gasteiger partial charge in [-0.25, -0.2) is 0 Å². The second kappa shape index (κ2) is 12.8. The van der Waals surface area contributed by atoms with E-state index < -0.39 is 0 Å². The lowest BCUT2D eigenvalue weighted by Crippen LogP contribution is -2.48. The number of anilines is 3. The molecular formula is C20H33Cl3N4O3. The maximum absolute atomic E-state index is 12.8. The van der Waals surface area contributed by atoms with Crippen LogP contribution in [-0.2, 0) is 14.3 Å². The minimum atomic E-state index is 0. The second-order valence-electron chi connectivity index (χ2n) is 7.60. The zero-order chi connectivity index (χ0) is 18.6. The molecule has 3 fully saturated rings.